The zero-order chi connectivity index (χ0) is 11.3. The first kappa shape index (κ1) is 13.0. The first-order valence-electron chi connectivity index (χ1n) is 6.62. The fourth-order valence-electron chi connectivity index (χ4n) is 2.31. The van der Waals surface area contributed by atoms with Crippen LogP contribution in [-0.2, 0) is 0 Å². The van der Waals surface area contributed by atoms with Crippen molar-refractivity contribution in [3.63, 3.8) is 0 Å². The highest BCUT2D eigenvalue weighted by molar-refractivity contribution is 4.90. The average Bonchev–Trinajstić information content (AvgIpc) is 2.95. The molecule has 1 saturated carbocycles. The molecule has 1 atom stereocenters. The smallest absolute Gasteiger partial charge is 0.0254 e. The molecule has 1 aliphatic rings. The average molecular weight is 212 g/mol. The van der Waals surface area contributed by atoms with Gasteiger partial charge in [-0.25, -0.2) is 0 Å². The third kappa shape index (κ3) is 4.98. The molecule has 2 N–H and O–H groups in total. The zero-order valence-corrected chi connectivity index (χ0v) is 10.8. The molecule has 0 radical (unpaired) electrons. The summed E-state index contributed by atoms with van der Waals surface area (Å²) in [5, 5.41) is 0. The Labute approximate surface area is 95.2 Å². The van der Waals surface area contributed by atoms with Crippen molar-refractivity contribution in [3.8, 4) is 0 Å². The molecule has 0 bridgehead atoms. The monoisotopic (exact) mass is 212 g/mol. The first-order chi connectivity index (χ1) is 7.09. The summed E-state index contributed by atoms with van der Waals surface area (Å²) in [5.41, 5.74) is 6.34. The van der Waals surface area contributed by atoms with E-state index in [1.807, 2.05) is 0 Å². The van der Waals surface area contributed by atoms with Crippen LogP contribution in [0.4, 0.5) is 0 Å². The van der Waals surface area contributed by atoms with E-state index < -0.39 is 0 Å². The van der Waals surface area contributed by atoms with E-state index >= 15 is 0 Å². The Kier molecular flexibility index (Phi) is 5.07. The van der Waals surface area contributed by atoms with Crippen LogP contribution >= 0.6 is 0 Å². The van der Waals surface area contributed by atoms with Crippen molar-refractivity contribution in [3.05, 3.63) is 0 Å². The summed E-state index contributed by atoms with van der Waals surface area (Å²) in [6.45, 7) is 9.03. The van der Waals surface area contributed by atoms with Crippen molar-refractivity contribution in [1.29, 1.82) is 0 Å². The summed E-state index contributed by atoms with van der Waals surface area (Å²) in [5.74, 6) is 0. The number of hydrogen-bond acceptors (Lipinski definition) is 2. The number of unbranched alkanes of at least 4 members (excludes halogenated alkanes) is 1. The number of nitrogens with two attached hydrogens (primary N) is 1. The largest absolute Gasteiger partial charge is 0.324 e. The fourth-order valence-corrected chi connectivity index (χ4v) is 2.31. The van der Waals surface area contributed by atoms with Gasteiger partial charge in [0.25, 0.3) is 0 Å². The van der Waals surface area contributed by atoms with Gasteiger partial charge in [-0.15, -0.1) is 0 Å². The van der Waals surface area contributed by atoms with Gasteiger partial charge in [-0.3, -0.25) is 4.90 Å². The Morgan fingerprint density at radius 1 is 1.27 bits per heavy atom. The minimum atomic E-state index is 0.0189. The highest BCUT2D eigenvalue weighted by atomic mass is 15.2. The molecule has 0 aliphatic heterocycles. The van der Waals surface area contributed by atoms with Crippen molar-refractivity contribution in [2.45, 2.75) is 70.9 Å². The third-order valence-corrected chi connectivity index (χ3v) is 3.25. The fraction of sp³-hybridized carbons (Fsp3) is 1.00. The van der Waals surface area contributed by atoms with E-state index in [9.17, 15) is 0 Å². The highest BCUT2D eigenvalue weighted by Crippen LogP contribution is 2.28. The molecular weight excluding hydrogens is 184 g/mol. The van der Waals surface area contributed by atoms with Crippen LogP contribution in [0.5, 0.6) is 0 Å². The summed E-state index contributed by atoms with van der Waals surface area (Å²) in [4.78, 5) is 2.62. The molecule has 1 rings (SSSR count). The van der Waals surface area contributed by atoms with Crippen molar-refractivity contribution < 1.29 is 0 Å². The standard InChI is InChI=1S/C13H28N2/c1-4-6-10-15(12-7-8-12)11-13(3,14)9-5-2/h12H,4-11,14H2,1-3H3. The summed E-state index contributed by atoms with van der Waals surface area (Å²) >= 11 is 0. The molecule has 0 amide bonds. The summed E-state index contributed by atoms with van der Waals surface area (Å²) < 4.78 is 0. The Morgan fingerprint density at radius 2 is 1.93 bits per heavy atom. The van der Waals surface area contributed by atoms with E-state index in [1.165, 1.54) is 38.6 Å². The number of rotatable bonds is 8. The molecule has 0 aromatic rings. The maximum Gasteiger partial charge on any atom is 0.0254 e. The maximum absolute atomic E-state index is 6.32. The van der Waals surface area contributed by atoms with E-state index in [0.717, 1.165) is 19.0 Å². The van der Waals surface area contributed by atoms with Gasteiger partial charge in [-0.1, -0.05) is 26.7 Å². The van der Waals surface area contributed by atoms with E-state index in [2.05, 4.69) is 25.7 Å². The molecule has 0 spiro atoms. The van der Waals surface area contributed by atoms with Crippen LogP contribution in [0.3, 0.4) is 0 Å². The van der Waals surface area contributed by atoms with Gasteiger partial charge in [-0.05, 0) is 39.2 Å². The van der Waals surface area contributed by atoms with Crippen LogP contribution in [0, 0.1) is 0 Å². The molecule has 0 heterocycles. The van der Waals surface area contributed by atoms with Crippen LogP contribution in [0.25, 0.3) is 0 Å². The van der Waals surface area contributed by atoms with Gasteiger partial charge >= 0.3 is 0 Å². The van der Waals surface area contributed by atoms with Gasteiger partial charge in [0.1, 0.15) is 0 Å². The molecule has 0 aromatic carbocycles. The van der Waals surface area contributed by atoms with Crippen molar-refractivity contribution in [1.82, 2.24) is 4.90 Å². The van der Waals surface area contributed by atoms with Gasteiger partial charge < -0.3 is 5.73 Å². The normalized spacial score (nSPS) is 20.6. The Bertz CT molecular complexity index is 173. The maximum atomic E-state index is 6.32. The molecule has 2 heteroatoms. The molecule has 0 aromatic heterocycles. The molecular formula is C13H28N2. The van der Waals surface area contributed by atoms with E-state index in [4.69, 9.17) is 5.73 Å². The topological polar surface area (TPSA) is 29.3 Å². The predicted octanol–water partition coefficient (Wildman–Crippen LogP) is 2.77. The Morgan fingerprint density at radius 3 is 2.40 bits per heavy atom. The van der Waals surface area contributed by atoms with Crippen molar-refractivity contribution >= 4 is 0 Å². The molecule has 1 aliphatic carbocycles. The SMILES string of the molecule is CCCCN(CC(C)(N)CCC)C1CC1. The molecule has 90 valence electrons. The number of hydrogen-bond donors (Lipinski definition) is 1. The van der Waals surface area contributed by atoms with Gasteiger partial charge in [0.05, 0.1) is 0 Å². The van der Waals surface area contributed by atoms with Crippen molar-refractivity contribution in [2.75, 3.05) is 13.1 Å². The minimum Gasteiger partial charge on any atom is -0.324 e. The van der Waals surface area contributed by atoms with E-state index in [-0.39, 0.29) is 5.54 Å². The van der Waals surface area contributed by atoms with Gasteiger partial charge in [0, 0.05) is 18.1 Å². The van der Waals surface area contributed by atoms with Crippen LogP contribution in [0.15, 0.2) is 0 Å². The van der Waals surface area contributed by atoms with Gasteiger partial charge in [-0.2, -0.15) is 0 Å². The quantitative estimate of drug-likeness (QED) is 0.670. The highest BCUT2D eigenvalue weighted by Gasteiger charge is 2.32. The first-order valence-corrected chi connectivity index (χ1v) is 6.62. The second-order valence-electron chi connectivity index (χ2n) is 5.46. The van der Waals surface area contributed by atoms with Gasteiger partial charge in [0.15, 0.2) is 0 Å². The molecule has 1 unspecified atom stereocenters. The lowest BCUT2D eigenvalue weighted by Crippen LogP contribution is -2.48. The second-order valence-corrected chi connectivity index (χ2v) is 5.46. The predicted molar refractivity (Wildman–Crippen MR) is 67.0 cm³/mol. The van der Waals surface area contributed by atoms with Crippen LogP contribution in [0.2, 0.25) is 0 Å². The Balaban J connectivity index is 2.35. The van der Waals surface area contributed by atoms with E-state index in [1.54, 1.807) is 0 Å². The Hall–Kier alpha value is -0.0800. The molecule has 1 fully saturated rings. The third-order valence-electron chi connectivity index (χ3n) is 3.25. The van der Waals surface area contributed by atoms with E-state index in [0.29, 0.717) is 0 Å². The summed E-state index contributed by atoms with van der Waals surface area (Å²) in [6.07, 6.45) is 7.73. The van der Waals surface area contributed by atoms with Gasteiger partial charge in [0.2, 0.25) is 0 Å². The minimum absolute atomic E-state index is 0.0189. The van der Waals surface area contributed by atoms with Crippen LogP contribution in [0.1, 0.15) is 59.3 Å². The lowest BCUT2D eigenvalue weighted by molar-refractivity contribution is 0.198. The second kappa shape index (κ2) is 5.86. The number of nitrogens with zero attached hydrogens (tertiary/aromatic N) is 1. The molecule has 2 nitrogen and oxygen atoms in total. The lowest BCUT2D eigenvalue weighted by atomic mass is 9.96. The van der Waals surface area contributed by atoms with Crippen LogP contribution < -0.4 is 5.73 Å². The molecule has 0 saturated heterocycles. The van der Waals surface area contributed by atoms with Crippen LogP contribution in [-0.4, -0.2) is 29.6 Å². The lowest BCUT2D eigenvalue weighted by Gasteiger charge is -2.32. The summed E-state index contributed by atoms with van der Waals surface area (Å²) in [6, 6.07) is 0.858. The zero-order valence-electron chi connectivity index (χ0n) is 10.8. The summed E-state index contributed by atoms with van der Waals surface area (Å²) in [7, 11) is 0. The van der Waals surface area contributed by atoms with Crippen molar-refractivity contribution in [2.24, 2.45) is 5.73 Å². The molecule has 15 heavy (non-hydrogen) atoms.